The third-order valence-corrected chi connectivity index (χ3v) is 5.16. The van der Waals surface area contributed by atoms with Gasteiger partial charge >= 0.3 is 0 Å². The Morgan fingerprint density at radius 3 is 2.05 bits per heavy atom. The molecule has 1 fully saturated rings. The summed E-state index contributed by atoms with van der Waals surface area (Å²) in [7, 11) is -4.69. The third kappa shape index (κ3) is 2.29. The molecule has 1 saturated heterocycles. The van der Waals surface area contributed by atoms with E-state index in [1.54, 1.807) is 6.92 Å². The van der Waals surface area contributed by atoms with Crippen LogP contribution in [0.2, 0.25) is 0 Å². The number of halogens is 4. The Morgan fingerprint density at radius 2 is 1.65 bits per heavy atom. The molecule has 1 aromatic carbocycles. The van der Waals surface area contributed by atoms with Crippen LogP contribution in [0.15, 0.2) is 11.0 Å². The Balaban J connectivity index is 2.56. The molecule has 0 amide bonds. The van der Waals surface area contributed by atoms with Gasteiger partial charge in [0.05, 0.1) is 0 Å². The standard InChI is InChI=1S/C11H12F4N2O2S/c1-5-3-17(4-8(5)16)20(18,19)11-9(14)6(12)2-7(13)10(11)15/h2,5,8H,3-4,16H2,1H3. The minimum atomic E-state index is -4.69. The van der Waals surface area contributed by atoms with Crippen molar-refractivity contribution < 1.29 is 26.0 Å². The molecule has 1 heterocycles. The molecule has 0 radical (unpaired) electrons. The van der Waals surface area contributed by atoms with Crippen molar-refractivity contribution in [2.45, 2.75) is 17.9 Å². The smallest absolute Gasteiger partial charge is 0.249 e. The predicted octanol–water partition coefficient (Wildman–Crippen LogP) is 1.21. The monoisotopic (exact) mass is 312 g/mol. The minimum absolute atomic E-state index is 0.0397. The van der Waals surface area contributed by atoms with Crippen LogP contribution in [0, 0.1) is 29.2 Å². The number of rotatable bonds is 2. The zero-order chi connectivity index (χ0) is 15.2. The van der Waals surface area contributed by atoms with Gasteiger partial charge in [-0.3, -0.25) is 0 Å². The Bertz CT molecular complexity index is 614. The van der Waals surface area contributed by atoms with Gasteiger partial charge in [-0.2, -0.15) is 4.31 Å². The number of hydrogen-bond donors (Lipinski definition) is 1. The lowest BCUT2D eigenvalue weighted by Crippen LogP contribution is -2.33. The van der Waals surface area contributed by atoms with Crippen molar-refractivity contribution in [3.8, 4) is 0 Å². The Kier molecular flexibility index (Phi) is 3.78. The van der Waals surface area contributed by atoms with Crippen molar-refractivity contribution in [2.75, 3.05) is 13.1 Å². The average molecular weight is 312 g/mol. The molecular weight excluding hydrogens is 300 g/mol. The van der Waals surface area contributed by atoms with Crippen molar-refractivity contribution in [3.63, 3.8) is 0 Å². The first kappa shape index (κ1) is 15.2. The molecule has 1 aromatic rings. The van der Waals surface area contributed by atoms with Gasteiger partial charge in [-0.25, -0.2) is 26.0 Å². The molecule has 2 atom stereocenters. The first-order chi connectivity index (χ1) is 9.16. The highest BCUT2D eigenvalue weighted by atomic mass is 32.2. The van der Waals surface area contributed by atoms with Crippen molar-refractivity contribution in [1.82, 2.24) is 4.31 Å². The predicted molar refractivity (Wildman–Crippen MR) is 62.2 cm³/mol. The van der Waals surface area contributed by atoms with E-state index in [1.165, 1.54) is 0 Å². The second kappa shape index (κ2) is 4.97. The van der Waals surface area contributed by atoms with E-state index in [4.69, 9.17) is 5.73 Å². The van der Waals surface area contributed by atoms with Crippen LogP contribution >= 0.6 is 0 Å². The van der Waals surface area contributed by atoms with Crippen molar-refractivity contribution >= 4 is 10.0 Å². The summed E-state index contributed by atoms with van der Waals surface area (Å²) in [6.45, 7) is 1.43. The van der Waals surface area contributed by atoms with Gasteiger partial charge in [0.25, 0.3) is 0 Å². The lowest BCUT2D eigenvalue weighted by atomic mass is 10.1. The van der Waals surface area contributed by atoms with E-state index in [0.29, 0.717) is 0 Å². The molecule has 1 aliphatic rings. The highest BCUT2D eigenvalue weighted by Crippen LogP contribution is 2.29. The normalized spacial score (nSPS) is 24.3. The summed E-state index contributed by atoms with van der Waals surface area (Å²) in [6.07, 6.45) is 0. The zero-order valence-electron chi connectivity index (χ0n) is 10.4. The highest BCUT2D eigenvalue weighted by Gasteiger charge is 2.40. The van der Waals surface area contributed by atoms with Crippen LogP contribution < -0.4 is 5.73 Å². The summed E-state index contributed by atoms with van der Waals surface area (Å²) >= 11 is 0. The molecule has 1 aliphatic heterocycles. The summed E-state index contributed by atoms with van der Waals surface area (Å²) in [4.78, 5) is -1.61. The van der Waals surface area contributed by atoms with Gasteiger partial charge < -0.3 is 5.73 Å². The molecule has 112 valence electrons. The van der Waals surface area contributed by atoms with Crippen molar-refractivity contribution in [2.24, 2.45) is 11.7 Å². The van der Waals surface area contributed by atoms with Gasteiger partial charge in [0.1, 0.15) is 0 Å². The lowest BCUT2D eigenvalue weighted by molar-refractivity contribution is 0.403. The molecule has 0 bridgehead atoms. The van der Waals surface area contributed by atoms with Gasteiger partial charge in [-0.1, -0.05) is 6.92 Å². The number of hydrogen-bond acceptors (Lipinski definition) is 3. The molecule has 9 heteroatoms. The van der Waals surface area contributed by atoms with Crippen LogP contribution in [0.1, 0.15) is 6.92 Å². The lowest BCUT2D eigenvalue weighted by Gasteiger charge is -2.17. The number of nitrogens with zero attached hydrogens (tertiary/aromatic N) is 1. The largest absolute Gasteiger partial charge is 0.326 e. The first-order valence-corrected chi connectivity index (χ1v) is 7.19. The van der Waals surface area contributed by atoms with E-state index >= 15 is 0 Å². The zero-order valence-corrected chi connectivity index (χ0v) is 11.2. The summed E-state index contributed by atoms with van der Waals surface area (Å²) in [5.74, 6) is -7.62. The van der Waals surface area contributed by atoms with E-state index in [0.717, 1.165) is 4.31 Å². The minimum Gasteiger partial charge on any atom is -0.326 e. The number of sulfonamides is 1. The van der Waals surface area contributed by atoms with E-state index in [2.05, 4.69) is 0 Å². The molecule has 2 unspecified atom stereocenters. The fourth-order valence-corrected chi connectivity index (χ4v) is 3.76. The molecule has 0 aliphatic carbocycles. The van der Waals surface area contributed by atoms with Crippen LogP contribution in [-0.2, 0) is 10.0 Å². The number of nitrogens with two attached hydrogens (primary N) is 1. The van der Waals surface area contributed by atoms with Crippen LogP contribution in [-0.4, -0.2) is 31.9 Å². The first-order valence-electron chi connectivity index (χ1n) is 5.75. The van der Waals surface area contributed by atoms with E-state index < -0.39 is 44.2 Å². The van der Waals surface area contributed by atoms with E-state index in [1.807, 2.05) is 0 Å². The van der Waals surface area contributed by atoms with Crippen LogP contribution in [0.5, 0.6) is 0 Å². The molecular formula is C11H12F4N2O2S. The van der Waals surface area contributed by atoms with Gasteiger partial charge in [-0.15, -0.1) is 0 Å². The van der Waals surface area contributed by atoms with E-state index in [-0.39, 0.29) is 25.1 Å². The van der Waals surface area contributed by atoms with E-state index in [9.17, 15) is 26.0 Å². The second-order valence-electron chi connectivity index (χ2n) is 4.76. The van der Waals surface area contributed by atoms with Gasteiger partial charge in [0.15, 0.2) is 28.2 Å². The number of benzene rings is 1. The maximum Gasteiger partial charge on any atom is 0.249 e. The fourth-order valence-electron chi connectivity index (χ4n) is 2.05. The molecule has 0 saturated carbocycles. The highest BCUT2D eigenvalue weighted by molar-refractivity contribution is 7.89. The van der Waals surface area contributed by atoms with Gasteiger partial charge in [-0.05, 0) is 5.92 Å². The quantitative estimate of drug-likeness (QED) is 0.659. The van der Waals surface area contributed by atoms with Gasteiger partial charge in [0.2, 0.25) is 10.0 Å². The third-order valence-electron chi connectivity index (χ3n) is 3.31. The van der Waals surface area contributed by atoms with Crippen molar-refractivity contribution in [1.29, 1.82) is 0 Å². The molecule has 0 aromatic heterocycles. The topological polar surface area (TPSA) is 63.4 Å². The summed E-state index contributed by atoms with van der Waals surface area (Å²) in [5, 5.41) is 0. The molecule has 4 nitrogen and oxygen atoms in total. The molecule has 2 rings (SSSR count). The molecule has 20 heavy (non-hydrogen) atoms. The molecule has 0 spiro atoms. The maximum atomic E-state index is 13.6. The second-order valence-corrected chi connectivity index (χ2v) is 6.64. The Hall–Kier alpha value is -1.19. The van der Waals surface area contributed by atoms with Gasteiger partial charge in [0, 0.05) is 25.2 Å². The molecule has 2 N–H and O–H groups in total. The van der Waals surface area contributed by atoms with Crippen LogP contribution in [0.3, 0.4) is 0 Å². The van der Waals surface area contributed by atoms with Crippen LogP contribution in [0.4, 0.5) is 17.6 Å². The fraction of sp³-hybridized carbons (Fsp3) is 0.455. The summed E-state index contributed by atoms with van der Waals surface area (Å²) in [6, 6.07) is -0.545. The average Bonchev–Trinajstić information content (AvgIpc) is 2.68. The Labute approximate surface area is 113 Å². The Morgan fingerprint density at radius 1 is 1.15 bits per heavy atom. The maximum absolute atomic E-state index is 13.6. The van der Waals surface area contributed by atoms with Crippen LogP contribution in [0.25, 0.3) is 0 Å². The SMILES string of the molecule is CC1CN(S(=O)(=O)c2c(F)c(F)cc(F)c2F)CC1N. The van der Waals surface area contributed by atoms with Crippen molar-refractivity contribution in [3.05, 3.63) is 29.3 Å². The summed E-state index contributed by atoms with van der Waals surface area (Å²) < 4.78 is 78.3. The summed E-state index contributed by atoms with van der Waals surface area (Å²) in [5.41, 5.74) is 5.64.